The van der Waals surface area contributed by atoms with E-state index in [1.165, 1.54) is 12.3 Å². The van der Waals surface area contributed by atoms with Crippen LogP contribution in [0.5, 0.6) is 17.2 Å². The van der Waals surface area contributed by atoms with Gasteiger partial charge in [0.25, 0.3) is 5.91 Å². The number of nitrogens with one attached hydrogen (secondary N) is 1. The Morgan fingerprint density at radius 1 is 1.00 bits per heavy atom. The molecule has 0 saturated heterocycles. The first-order chi connectivity index (χ1) is 14.1. The molecule has 2 N–H and O–H groups in total. The lowest BCUT2D eigenvalue weighted by Crippen LogP contribution is -2.24. The van der Waals surface area contributed by atoms with Crippen molar-refractivity contribution in [3.05, 3.63) is 88.4 Å². The number of hydrogen-bond donors (Lipinski definition) is 2. The van der Waals surface area contributed by atoms with Gasteiger partial charge >= 0.3 is 0 Å². The van der Waals surface area contributed by atoms with Crippen LogP contribution in [0.2, 0.25) is 0 Å². The molecule has 1 amide bonds. The smallest absolute Gasteiger partial charge is 0.277 e. The van der Waals surface area contributed by atoms with E-state index in [1.807, 2.05) is 30.3 Å². The zero-order valence-electron chi connectivity index (χ0n) is 15.4. The monoisotopic (exact) mass is 454 g/mol. The topological polar surface area (TPSA) is 80.2 Å². The summed E-state index contributed by atoms with van der Waals surface area (Å²) in [6.45, 7) is 0.293. The number of halogens is 1. The number of rotatable bonds is 8. The molecule has 0 radical (unpaired) electrons. The maximum absolute atomic E-state index is 11.8. The molecule has 7 heteroatoms. The third-order valence-electron chi connectivity index (χ3n) is 3.82. The van der Waals surface area contributed by atoms with Crippen molar-refractivity contribution in [2.75, 3.05) is 6.61 Å². The standard InChI is InChI=1S/C22H19BrN2O4/c23-18-6-11-21(26)17(12-18)13-24-25-22(27)15-29-20-9-7-19(8-10-20)28-14-16-4-2-1-3-5-16/h1-13,26H,14-15H2,(H,25,27). The first-order valence-corrected chi connectivity index (χ1v) is 9.59. The predicted octanol–water partition coefficient (Wildman–Crippen LogP) is 4.26. The summed E-state index contributed by atoms with van der Waals surface area (Å²) in [5.41, 5.74) is 3.92. The van der Waals surface area contributed by atoms with E-state index in [0.29, 0.717) is 23.7 Å². The Hall–Kier alpha value is -3.32. The summed E-state index contributed by atoms with van der Waals surface area (Å²) in [5, 5.41) is 13.5. The molecule has 0 aromatic heterocycles. The van der Waals surface area contributed by atoms with E-state index < -0.39 is 5.91 Å². The van der Waals surface area contributed by atoms with Gasteiger partial charge in [-0.05, 0) is 48.0 Å². The highest BCUT2D eigenvalue weighted by molar-refractivity contribution is 9.10. The van der Waals surface area contributed by atoms with Gasteiger partial charge in [-0.25, -0.2) is 5.43 Å². The number of aromatic hydroxyl groups is 1. The third-order valence-corrected chi connectivity index (χ3v) is 4.32. The zero-order valence-corrected chi connectivity index (χ0v) is 17.0. The lowest BCUT2D eigenvalue weighted by atomic mass is 10.2. The molecule has 3 aromatic carbocycles. The summed E-state index contributed by atoms with van der Waals surface area (Å²) in [5.74, 6) is 0.905. The fourth-order valence-electron chi connectivity index (χ4n) is 2.36. The number of hydrogen-bond acceptors (Lipinski definition) is 5. The highest BCUT2D eigenvalue weighted by Crippen LogP contribution is 2.20. The molecule has 148 valence electrons. The average Bonchev–Trinajstić information content (AvgIpc) is 2.75. The maximum Gasteiger partial charge on any atom is 0.277 e. The first-order valence-electron chi connectivity index (χ1n) is 8.80. The molecule has 0 aliphatic rings. The van der Waals surface area contributed by atoms with E-state index in [2.05, 4.69) is 26.5 Å². The van der Waals surface area contributed by atoms with Crippen LogP contribution in [-0.4, -0.2) is 23.8 Å². The van der Waals surface area contributed by atoms with Crippen molar-refractivity contribution in [1.82, 2.24) is 5.43 Å². The molecular formula is C22H19BrN2O4. The molecule has 0 aliphatic carbocycles. The van der Waals surface area contributed by atoms with Crippen molar-refractivity contribution >= 4 is 28.1 Å². The van der Waals surface area contributed by atoms with Crippen LogP contribution in [0.3, 0.4) is 0 Å². The van der Waals surface area contributed by atoms with Gasteiger partial charge in [0.1, 0.15) is 23.9 Å². The fraction of sp³-hybridized carbons (Fsp3) is 0.0909. The number of amides is 1. The highest BCUT2D eigenvalue weighted by atomic mass is 79.9. The Bertz CT molecular complexity index is 976. The van der Waals surface area contributed by atoms with Gasteiger partial charge in [0.2, 0.25) is 0 Å². The lowest BCUT2D eigenvalue weighted by molar-refractivity contribution is -0.123. The summed E-state index contributed by atoms with van der Waals surface area (Å²) in [6.07, 6.45) is 1.36. The molecule has 0 saturated carbocycles. The molecule has 0 bridgehead atoms. The second-order valence-electron chi connectivity index (χ2n) is 6.03. The molecule has 0 aliphatic heterocycles. The Labute approximate surface area is 176 Å². The molecule has 0 fully saturated rings. The summed E-state index contributed by atoms with van der Waals surface area (Å²) in [7, 11) is 0. The number of phenolic OH excluding ortho intramolecular Hbond substituents is 1. The predicted molar refractivity (Wildman–Crippen MR) is 114 cm³/mol. The highest BCUT2D eigenvalue weighted by Gasteiger charge is 2.03. The number of carbonyl (C=O) groups excluding carboxylic acids is 1. The Morgan fingerprint density at radius 2 is 1.69 bits per heavy atom. The molecular weight excluding hydrogens is 436 g/mol. The van der Waals surface area contributed by atoms with E-state index in [9.17, 15) is 9.90 Å². The third kappa shape index (κ3) is 6.65. The minimum atomic E-state index is -0.417. The molecule has 0 atom stereocenters. The van der Waals surface area contributed by atoms with Crippen LogP contribution < -0.4 is 14.9 Å². The van der Waals surface area contributed by atoms with Crippen molar-refractivity contribution in [3.63, 3.8) is 0 Å². The molecule has 6 nitrogen and oxygen atoms in total. The Morgan fingerprint density at radius 3 is 2.41 bits per heavy atom. The summed E-state index contributed by atoms with van der Waals surface area (Å²) >= 11 is 3.31. The quantitative estimate of drug-likeness (QED) is 0.393. The van der Waals surface area contributed by atoms with Crippen molar-refractivity contribution in [2.45, 2.75) is 6.61 Å². The molecule has 0 unspecified atom stereocenters. The number of ether oxygens (including phenoxy) is 2. The summed E-state index contributed by atoms with van der Waals surface area (Å²) in [6, 6.07) is 21.8. The molecule has 0 heterocycles. The van der Waals surface area contributed by atoms with Gasteiger partial charge in [0.05, 0.1) is 6.21 Å². The minimum absolute atomic E-state index is 0.0667. The van der Waals surface area contributed by atoms with E-state index in [1.54, 1.807) is 36.4 Å². The van der Waals surface area contributed by atoms with Crippen molar-refractivity contribution in [2.24, 2.45) is 5.10 Å². The summed E-state index contributed by atoms with van der Waals surface area (Å²) < 4.78 is 11.9. The van der Waals surface area contributed by atoms with Gasteiger partial charge in [0.15, 0.2) is 6.61 Å². The second-order valence-corrected chi connectivity index (χ2v) is 6.95. The van der Waals surface area contributed by atoms with Crippen LogP contribution >= 0.6 is 15.9 Å². The van der Waals surface area contributed by atoms with Gasteiger partial charge < -0.3 is 14.6 Å². The van der Waals surface area contributed by atoms with E-state index in [-0.39, 0.29) is 12.4 Å². The van der Waals surface area contributed by atoms with Gasteiger partial charge in [-0.3, -0.25) is 4.79 Å². The van der Waals surface area contributed by atoms with E-state index in [4.69, 9.17) is 9.47 Å². The maximum atomic E-state index is 11.8. The SMILES string of the molecule is O=C(COc1ccc(OCc2ccccc2)cc1)NN=Cc1cc(Br)ccc1O. The second kappa shape index (κ2) is 10.3. The number of hydrazone groups is 1. The van der Waals surface area contributed by atoms with Gasteiger partial charge in [0, 0.05) is 10.0 Å². The molecule has 0 spiro atoms. The Balaban J connectivity index is 1.43. The van der Waals surface area contributed by atoms with Crippen LogP contribution in [0, 0.1) is 0 Å². The summed E-state index contributed by atoms with van der Waals surface area (Å²) in [4.78, 5) is 11.8. The molecule has 29 heavy (non-hydrogen) atoms. The van der Waals surface area contributed by atoms with Crippen molar-refractivity contribution < 1.29 is 19.4 Å². The number of phenols is 1. The van der Waals surface area contributed by atoms with E-state index >= 15 is 0 Å². The largest absolute Gasteiger partial charge is 0.507 e. The molecule has 3 rings (SSSR count). The van der Waals surface area contributed by atoms with Gasteiger partial charge in [-0.2, -0.15) is 5.10 Å². The van der Waals surface area contributed by atoms with Crippen LogP contribution in [0.1, 0.15) is 11.1 Å². The van der Waals surface area contributed by atoms with Crippen LogP contribution in [0.25, 0.3) is 0 Å². The number of benzene rings is 3. The average molecular weight is 455 g/mol. The van der Waals surface area contributed by atoms with Crippen LogP contribution in [0.15, 0.2) is 82.4 Å². The Kier molecular flexibility index (Phi) is 7.24. The molecule has 3 aromatic rings. The van der Waals surface area contributed by atoms with Crippen molar-refractivity contribution in [3.8, 4) is 17.2 Å². The normalized spacial score (nSPS) is 10.7. The number of carbonyl (C=O) groups is 1. The van der Waals surface area contributed by atoms with Crippen molar-refractivity contribution in [1.29, 1.82) is 0 Å². The first kappa shape index (κ1) is 20.4. The fourth-order valence-corrected chi connectivity index (χ4v) is 2.74. The van der Waals surface area contributed by atoms with E-state index in [0.717, 1.165) is 10.0 Å². The van der Waals surface area contributed by atoms with Gasteiger partial charge in [-0.1, -0.05) is 46.3 Å². The zero-order chi connectivity index (χ0) is 20.5. The lowest BCUT2D eigenvalue weighted by Gasteiger charge is -2.08. The minimum Gasteiger partial charge on any atom is -0.507 e. The van der Waals surface area contributed by atoms with Crippen LogP contribution in [-0.2, 0) is 11.4 Å². The number of nitrogens with zero attached hydrogens (tertiary/aromatic N) is 1. The van der Waals surface area contributed by atoms with Gasteiger partial charge in [-0.15, -0.1) is 0 Å². The van der Waals surface area contributed by atoms with Crippen LogP contribution in [0.4, 0.5) is 0 Å².